The first-order valence-electron chi connectivity index (χ1n) is 6.27. The lowest BCUT2D eigenvalue weighted by Crippen LogP contribution is -2.20. The van der Waals surface area contributed by atoms with Crippen molar-refractivity contribution in [2.75, 3.05) is 11.4 Å². The number of rotatable bonds is 4. The number of benzene rings is 2. The van der Waals surface area contributed by atoms with Crippen molar-refractivity contribution < 1.29 is 18.3 Å². The van der Waals surface area contributed by atoms with Crippen molar-refractivity contribution in [1.29, 1.82) is 0 Å². The summed E-state index contributed by atoms with van der Waals surface area (Å²) in [6.45, 7) is 1.90. The van der Waals surface area contributed by atoms with Gasteiger partial charge in [-0.05, 0) is 37.3 Å². The summed E-state index contributed by atoms with van der Waals surface area (Å²) in [5, 5.41) is 0.237. The molecule has 0 fully saturated rings. The number of methoxy groups -OCH3 is 1. The standard InChI is InChI=1S/C15H14ClNO4S/c1-10-3-5-13(6-4-10)17(22(19)20)14-8-11(15(18)21-2)7-12(16)9-14/h3-9H,1-2H3,(H,19,20)/p-1. The highest BCUT2D eigenvalue weighted by molar-refractivity contribution is 7.81. The molecule has 1 unspecified atom stereocenters. The fourth-order valence-corrected chi connectivity index (χ4v) is 2.73. The molecule has 2 aromatic rings. The summed E-state index contributed by atoms with van der Waals surface area (Å²) >= 11 is 3.41. The second-order valence-corrected chi connectivity index (χ2v) is 5.77. The number of ether oxygens (including phenoxy) is 1. The smallest absolute Gasteiger partial charge is 0.337 e. The summed E-state index contributed by atoms with van der Waals surface area (Å²) in [4.78, 5) is 11.6. The van der Waals surface area contributed by atoms with Gasteiger partial charge in [0.2, 0.25) is 0 Å². The van der Waals surface area contributed by atoms with Gasteiger partial charge in [0.05, 0.1) is 35.3 Å². The molecule has 0 aliphatic carbocycles. The summed E-state index contributed by atoms with van der Waals surface area (Å²) < 4.78 is 28.9. The number of hydrogen-bond acceptors (Lipinski definition) is 4. The van der Waals surface area contributed by atoms with Gasteiger partial charge in [-0.1, -0.05) is 29.3 Å². The van der Waals surface area contributed by atoms with E-state index in [-0.39, 0.29) is 16.3 Å². The van der Waals surface area contributed by atoms with Crippen LogP contribution in [0.15, 0.2) is 42.5 Å². The Labute approximate surface area is 135 Å². The molecule has 116 valence electrons. The van der Waals surface area contributed by atoms with E-state index in [2.05, 4.69) is 4.74 Å². The molecule has 0 aliphatic heterocycles. The Bertz CT molecular complexity index is 718. The number of aryl methyl sites for hydroxylation is 1. The molecule has 2 aromatic carbocycles. The maximum atomic E-state index is 11.6. The van der Waals surface area contributed by atoms with Crippen LogP contribution in [0.25, 0.3) is 0 Å². The van der Waals surface area contributed by atoms with Crippen LogP contribution in [0.4, 0.5) is 11.4 Å². The Morgan fingerprint density at radius 2 is 1.82 bits per heavy atom. The Kier molecular flexibility index (Phi) is 5.18. The number of anilines is 2. The van der Waals surface area contributed by atoms with E-state index in [9.17, 15) is 13.6 Å². The molecule has 7 heteroatoms. The fraction of sp³-hybridized carbons (Fsp3) is 0.133. The molecule has 0 saturated carbocycles. The van der Waals surface area contributed by atoms with Gasteiger partial charge in [-0.2, -0.15) is 0 Å². The number of carbonyl (C=O) groups excluding carboxylic acids is 1. The molecular formula is C15H13ClNO4S-. The van der Waals surface area contributed by atoms with Crippen molar-refractivity contribution in [3.05, 3.63) is 58.6 Å². The molecule has 1 atom stereocenters. The molecule has 0 N–H and O–H groups in total. The highest BCUT2D eigenvalue weighted by Gasteiger charge is 2.15. The lowest BCUT2D eigenvalue weighted by atomic mass is 10.2. The van der Waals surface area contributed by atoms with Crippen LogP contribution in [0, 0.1) is 6.92 Å². The van der Waals surface area contributed by atoms with E-state index in [4.69, 9.17) is 11.6 Å². The van der Waals surface area contributed by atoms with Gasteiger partial charge in [-0.25, -0.2) is 4.79 Å². The third-order valence-electron chi connectivity index (χ3n) is 2.96. The van der Waals surface area contributed by atoms with Gasteiger partial charge in [0.15, 0.2) is 0 Å². The van der Waals surface area contributed by atoms with Crippen molar-refractivity contribution in [2.24, 2.45) is 0 Å². The highest BCUT2D eigenvalue weighted by Crippen LogP contribution is 2.30. The minimum Gasteiger partial charge on any atom is -0.755 e. The molecule has 0 heterocycles. The number of nitrogens with zero attached hydrogens (tertiary/aromatic N) is 1. The minimum absolute atomic E-state index is 0.174. The van der Waals surface area contributed by atoms with Crippen LogP contribution in [0.5, 0.6) is 0 Å². The summed E-state index contributed by atoms with van der Waals surface area (Å²) in [7, 11) is 1.24. The summed E-state index contributed by atoms with van der Waals surface area (Å²) in [6, 6.07) is 11.2. The number of esters is 1. The van der Waals surface area contributed by atoms with Gasteiger partial charge in [0.1, 0.15) is 0 Å². The SMILES string of the molecule is COC(=O)c1cc(Cl)cc(N(c2ccc(C)cc2)S(=O)[O-])c1. The second kappa shape index (κ2) is 6.91. The normalized spacial score (nSPS) is 11.8. The third kappa shape index (κ3) is 3.65. The number of hydrogen-bond donors (Lipinski definition) is 0. The third-order valence-corrected chi connectivity index (χ3v) is 3.89. The van der Waals surface area contributed by atoms with E-state index in [0.717, 1.165) is 9.87 Å². The summed E-state index contributed by atoms with van der Waals surface area (Å²) in [6.07, 6.45) is 0. The van der Waals surface area contributed by atoms with Crippen molar-refractivity contribution in [2.45, 2.75) is 6.92 Å². The molecule has 0 saturated heterocycles. The summed E-state index contributed by atoms with van der Waals surface area (Å²) in [5.74, 6) is -0.593. The predicted molar refractivity (Wildman–Crippen MR) is 85.0 cm³/mol. The maximum Gasteiger partial charge on any atom is 0.337 e. The van der Waals surface area contributed by atoms with Gasteiger partial charge < -0.3 is 9.29 Å². The number of carbonyl (C=O) groups is 1. The summed E-state index contributed by atoms with van der Waals surface area (Å²) in [5.41, 5.74) is 1.87. The van der Waals surface area contributed by atoms with Crippen LogP contribution in [0.1, 0.15) is 15.9 Å². The first-order chi connectivity index (χ1) is 10.4. The van der Waals surface area contributed by atoms with Gasteiger partial charge >= 0.3 is 5.97 Å². The van der Waals surface area contributed by atoms with E-state index in [1.54, 1.807) is 24.3 Å². The van der Waals surface area contributed by atoms with Crippen molar-refractivity contribution in [3.8, 4) is 0 Å². The van der Waals surface area contributed by atoms with Crippen LogP contribution >= 0.6 is 11.6 Å². The lowest BCUT2D eigenvalue weighted by Gasteiger charge is -2.27. The predicted octanol–water partition coefficient (Wildman–Crippen LogP) is 3.37. The minimum atomic E-state index is -2.57. The van der Waals surface area contributed by atoms with Gasteiger partial charge in [0.25, 0.3) is 0 Å². The van der Waals surface area contributed by atoms with Crippen LogP contribution < -0.4 is 4.31 Å². The Morgan fingerprint density at radius 1 is 1.18 bits per heavy atom. The van der Waals surface area contributed by atoms with Crippen molar-refractivity contribution in [3.63, 3.8) is 0 Å². The van der Waals surface area contributed by atoms with Crippen LogP contribution in [-0.2, 0) is 16.0 Å². The first kappa shape index (κ1) is 16.5. The van der Waals surface area contributed by atoms with E-state index in [1.165, 1.54) is 25.3 Å². The van der Waals surface area contributed by atoms with Gasteiger partial charge in [0, 0.05) is 5.02 Å². The molecule has 22 heavy (non-hydrogen) atoms. The molecular weight excluding hydrogens is 326 g/mol. The Morgan fingerprint density at radius 3 is 2.36 bits per heavy atom. The average molecular weight is 339 g/mol. The van der Waals surface area contributed by atoms with E-state index in [1.807, 2.05) is 6.92 Å². The highest BCUT2D eigenvalue weighted by atomic mass is 35.5. The second-order valence-electron chi connectivity index (χ2n) is 4.54. The molecule has 0 aromatic heterocycles. The van der Waals surface area contributed by atoms with Gasteiger partial charge in [-0.3, -0.25) is 8.51 Å². The zero-order chi connectivity index (χ0) is 16.3. The zero-order valence-corrected chi connectivity index (χ0v) is 13.5. The Hall–Kier alpha value is -1.89. The van der Waals surface area contributed by atoms with Crippen LogP contribution in [0.3, 0.4) is 0 Å². The fourth-order valence-electron chi connectivity index (χ4n) is 1.93. The molecule has 2 rings (SSSR count). The molecule has 0 amide bonds. The monoisotopic (exact) mass is 338 g/mol. The van der Waals surface area contributed by atoms with Crippen molar-refractivity contribution in [1.82, 2.24) is 0 Å². The number of halogens is 1. The molecule has 0 bridgehead atoms. The van der Waals surface area contributed by atoms with E-state index >= 15 is 0 Å². The van der Waals surface area contributed by atoms with Gasteiger partial charge in [-0.15, -0.1) is 0 Å². The van der Waals surface area contributed by atoms with Crippen LogP contribution in [-0.4, -0.2) is 21.8 Å². The zero-order valence-electron chi connectivity index (χ0n) is 11.9. The topological polar surface area (TPSA) is 69.7 Å². The van der Waals surface area contributed by atoms with Crippen molar-refractivity contribution >= 4 is 40.2 Å². The maximum absolute atomic E-state index is 11.6. The van der Waals surface area contributed by atoms with E-state index in [0.29, 0.717) is 5.69 Å². The average Bonchev–Trinajstić information content (AvgIpc) is 2.47. The molecule has 0 spiro atoms. The van der Waals surface area contributed by atoms with E-state index < -0.39 is 17.2 Å². The van der Waals surface area contributed by atoms with Crippen LogP contribution in [0.2, 0.25) is 5.02 Å². The Balaban J connectivity index is 2.53. The first-order valence-corrected chi connectivity index (χ1v) is 7.68. The quantitative estimate of drug-likeness (QED) is 0.633. The molecule has 0 aliphatic rings. The molecule has 0 radical (unpaired) electrons. The lowest BCUT2D eigenvalue weighted by molar-refractivity contribution is 0.0600. The molecule has 5 nitrogen and oxygen atoms in total. The largest absolute Gasteiger partial charge is 0.755 e.